The first-order valence-corrected chi connectivity index (χ1v) is 5.18. The molecule has 3 heteroatoms. The van der Waals surface area contributed by atoms with Crippen LogP contribution in [0, 0.1) is 0 Å². The highest BCUT2D eigenvalue weighted by atomic mass is 16.3. The summed E-state index contributed by atoms with van der Waals surface area (Å²) < 4.78 is 0. The van der Waals surface area contributed by atoms with Gasteiger partial charge in [-0.1, -0.05) is 30.3 Å². The van der Waals surface area contributed by atoms with E-state index in [0.29, 0.717) is 0 Å². The Kier molecular flexibility index (Phi) is 3.29. The van der Waals surface area contributed by atoms with E-state index in [1.165, 1.54) is 0 Å². The normalized spacial score (nSPS) is 12.4. The molecule has 0 aliphatic rings. The fourth-order valence-electron chi connectivity index (χ4n) is 1.70. The smallest absolute Gasteiger partial charge is 0.0624 e. The van der Waals surface area contributed by atoms with Crippen LogP contribution in [0.15, 0.2) is 48.8 Å². The van der Waals surface area contributed by atoms with Crippen LogP contribution in [-0.2, 0) is 0 Å². The summed E-state index contributed by atoms with van der Waals surface area (Å²) in [7, 11) is 0. The second-order valence-electron chi connectivity index (χ2n) is 3.62. The third-order valence-electron chi connectivity index (χ3n) is 2.53. The van der Waals surface area contributed by atoms with Gasteiger partial charge in [0.15, 0.2) is 0 Å². The Bertz CT molecular complexity index is 456. The maximum atomic E-state index is 9.12. The molecule has 0 aliphatic carbocycles. The zero-order valence-electron chi connectivity index (χ0n) is 8.88. The third-order valence-corrected chi connectivity index (χ3v) is 2.53. The molecule has 0 aliphatic heterocycles. The topological polar surface area (TPSA) is 59.1 Å². The number of aliphatic hydroxyl groups is 1. The average Bonchev–Trinajstić information content (AvgIpc) is 2.39. The Morgan fingerprint density at radius 1 is 1.19 bits per heavy atom. The SMILES string of the molecule is N[C@H](CO)c1ccccc1-c1cccnc1. The van der Waals surface area contributed by atoms with Crippen LogP contribution in [0.5, 0.6) is 0 Å². The molecule has 0 unspecified atom stereocenters. The monoisotopic (exact) mass is 214 g/mol. The van der Waals surface area contributed by atoms with Crippen LogP contribution < -0.4 is 5.73 Å². The molecule has 0 saturated heterocycles. The van der Waals surface area contributed by atoms with E-state index < -0.39 is 0 Å². The molecule has 0 saturated carbocycles. The summed E-state index contributed by atoms with van der Waals surface area (Å²) in [6.07, 6.45) is 3.53. The predicted molar refractivity (Wildman–Crippen MR) is 63.7 cm³/mol. The van der Waals surface area contributed by atoms with Gasteiger partial charge < -0.3 is 10.8 Å². The van der Waals surface area contributed by atoms with Crippen molar-refractivity contribution >= 4 is 0 Å². The minimum atomic E-state index is -0.351. The van der Waals surface area contributed by atoms with Gasteiger partial charge in [0.05, 0.1) is 12.6 Å². The van der Waals surface area contributed by atoms with E-state index in [-0.39, 0.29) is 12.6 Å². The predicted octanol–water partition coefficient (Wildman–Crippen LogP) is 1.74. The van der Waals surface area contributed by atoms with E-state index in [2.05, 4.69) is 4.98 Å². The first-order valence-electron chi connectivity index (χ1n) is 5.18. The van der Waals surface area contributed by atoms with Crippen molar-refractivity contribution in [1.29, 1.82) is 0 Å². The van der Waals surface area contributed by atoms with E-state index in [0.717, 1.165) is 16.7 Å². The maximum absolute atomic E-state index is 9.12. The van der Waals surface area contributed by atoms with Gasteiger partial charge in [-0.2, -0.15) is 0 Å². The van der Waals surface area contributed by atoms with Crippen molar-refractivity contribution in [1.82, 2.24) is 4.98 Å². The third kappa shape index (κ3) is 2.10. The highest BCUT2D eigenvalue weighted by Crippen LogP contribution is 2.26. The quantitative estimate of drug-likeness (QED) is 0.818. The van der Waals surface area contributed by atoms with E-state index in [1.54, 1.807) is 12.4 Å². The summed E-state index contributed by atoms with van der Waals surface area (Å²) in [6.45, 7) is -0.0583. The summed E-state index contributed by atoms with van der Waals surface area (Å²) in [5.41, 5.74) is 8.85. The van der Waals surface area contributed by atoms with Crippen molar-refractivity contribution in [2.75, 3.05) is 6.61 Å². The van der Waals surface area contributed by atoms with E-state index in [4.69, 9.17) is 10.8 Å². The Morgan fingerprint density at radius 3 is 2.69 bits per heavy atom. The van der Waals surface area contributed by atoms with Crippen molar-refractivity contribution in [3.63, 3.8) is 0 Å². The molecule has 1 atom stereocenters. The van der Waals surface area contributed by atoms with Crippen LogP contribution in [0.4, 0.5) is 0 Å². The lowest BCUT2D eigenvalue weighted by molar-refractivity contribution is 0.268. The Hall–Kier alpha value is -1.71. The van der Waals surface area contributed by atoms with Crippen molar-refractivity contribution < 1.29 is 5.11 Å². The number of aromatic nitrogens is 1. The van der Waals surface area contributed by atoms with Gasteiger partial charge in [0.1, 0.15) is 0 Å². The summed E-state index contributed by atoms with van der Waals surface area (Å²) >= 11 is 0. The van der Waals surface area contributed by atoms with Crippen LogP contribution in [0.1, 0.15) is 11.6 Å². The van der Waals surface area contributed by atoms with Gasteiger partial charge in [-0.15, -0.1) is 0 Å². The number of nitrogens with zero attached hydrogens (tertiary/aromatic N) is 1. The zero-order valence-corrected chi connectivity index (χ0v) is 8.88. The van der Waals surface area contributed by atoms with Crippen LogP contribution in [0.25, 0.3) is 11.1 Å². The second-order valence-corrected chi connectivity index (χ2v) is 3.62. The molecular weight excluding hydrogens is 200 g/mol. The lowest BCUT2D eigenvalue weighted by atomic mass is 9.97. The van der Waals surface area contributed by atoms with Crippen molar-refractivity contribution in [3.05, 3.63) is 54.4 Å². The molecule has 1 aromatic heterocycles. The fraction of sp³-hybridized carbons (Fsp3) is 0.154. The molecule has 2 rings (SSSR count). The molecule has 0 amide bonds. The fourth-order valence-corrected chi connectivity index (χ4v) is 1.70. The van der Waals surface area contributed by atoms with Gasteiger partial charge in [0.2, 0.25) is 0 Å². The van der Waals surface area contributed by atoms with Gasteiger partial charge in [-0.05, 0) is 17.2 Å². The first kappa shape index (κ1) is 10.8. The van der Waals surface area contributed by atoms with Crippen molar-refractivity contribution in [2.24, 2.45) is 5.73 Å². The largest absolute Gasteiger partial charge is 0.394 e. The van der Waals surface area contributed by atoms with Crippen molar-refractivity contribution in [2.45, 2.75) is 6.04 Å². The molecule has 3 N–H and O–H groups in total. The molecule has 1 heterocycles. The summed E-state index contributed by atoms with van der Waals surface area (Å²) in [5.74, 6) is 0. The lowest BCUT2D eigenvalue weighted by Gasteiger charge is -2.14. The number of hydrogen-bond donors (Lipinski definition) is 2. The number of pyridine rings is 1. The molecule has 0 bridgehead atoms. The average molecular weight is 214 g/mol. The van der Waals surface area contributed by atoms with Crippen LogP contribution in [-0.4, -0.2) is 16.7 Å². The maximum Gasteiger partial charge on any atom is 0.0624 e. The minimum absolute atomic E-state index is 0.0583. The molecule has 16 heavy (non-hydrogen) atoms. The van der Waals surface area contributed by atoms with Gasteiger partial charge in [0.25, 0.3) is 0 Å². The molecule has 82 valence electrons. The van der Waals surface area contributed by atoms with E-state index >= 15 is 0 Å². The van der Waals surface area contributed by atoms with Gasteiger partial charge in [-0.25, -0.2) is 0 Å². The number of hydrogen-bond acceptors (Lipinski definition) is 3. The molecule has 1 aromatic carbocycles. The molecule has 2 aromatic rings. The standard InChI is InChI=1S/C13H14N2O/c14-13(9-16)12-6-2-1-5-11(12)10-4-3-7-15-8-10/h1-8,13,16H,9,14H2/t13-/m1/s1. The minimum Gasteiger partial charge on any atom is -0.394 e. The number of rotatable bonds is 3. The second kappa shape index (κ2) is 4.88. The van der Waals surface area contributed by atoms with Crippen molar-refractivity contribution in [3.8, 4) is 11.1 Å². The molecule has 0 spiro atoms. The molecule has 3 nitrogen and oxygen atoms in total. The number of aliphatic hydroxyl groups excluding tert-OH is 1. The Balaban J connectivity index is 2.49. The number of benzene rings is 1. The van der Waals surface area contributed by atoms with Gasteiger partial charge >= 0.3 is 0 Å². The zero-order chi connectivity index (χ0) is 11.4. The summed E-state index contributed by atoms with van der Waals surface area (Å²) in [4.78, 5) is 4.08. The number of nitrogens with two attached hydrogens (primary N) is 1. The molecule has 0 fully saturated rings. The van der Waals surface area contributed by atoms with E-state index in [1.807, 2.05) is 36.4 Å². The Labute approximate surface area is 94.6 Å². The summed E-state index contributed by atoms with van der Waals surface area (Å²) in [6, 6.07) is 11.3. The van der Waals surface area contributed by atoms with Crippen LogP contribution in [0.2, 0.25) is 0 Å². The first-order chi connectivity index (χ1) is 7.83. The lowest BCUT2D eigenvalue weighted by Crippen LogP contribution is -2.15. The van der Waals surface area contributed by atoms with Crippen LogP contribution in [0.3, 0.4) is 0 Å². The Morgan fingerprint density at radius 2 is 2.00 bits per heavy atom. The summed E-state index contributed by atoms with van der Waals surface area (Å²) in [5, 5.41) is 9.12. The van der Waals surface area contributed by atoms with Crippen LogP contribution >= 0.6 is 0 Å². The molecule has 0 radical (unpaired) electrons. The van der Waals surface area contributed by atoms with Gasteiger partial charge in [-0.3, -0.25) is 4.98 Å². The highest BCUT2D eigenvalue weighted by Gasteiger charge is 2.10. The van der Waals surface area contributed by atoms with E-state index in [9.17, 15) is 0 Å². The van der Waals surface area contributed by atoms with Gasteiger partial charge in [0, 0.05) is 18.0 Å². The molecular formula is C13H14N2O. The highest BCUT2D eigenvalue weighted by molar-refractivity contribution is 5.67.